The topological polar surface area (TPSA) is 84.8 Å². The van der Waals surface area contributed by atoms with Gasteiger partial charge in [-0.05, 0) is 54.9 Å². The molecule has 0 fully saturated rings. The average molecular weight is 410 g/mol. The molecule has 0 bridgehead atoms. The standard InChI is InChI=1S/C21H19FN4O2S/c1-14-15(2)25(12-16-6-8-17(22)9-7-16)21(18(14)11-23)24-19(27)13-29-20-5-3-4-10-26(20)28/h3-10H,12-13H2,1-2H3,(H,24,27). The molecule has 1 N–H and O–H groups in total. The molecule has 3 rings (SSSR count). The van der Waals surface area contributed by atoms with Crippen LogP contribution in [-0.4, -0.2) is 16.2 Å². The minimum absolute atomic E-state index is 0.0247. The van der Waals surface area contributed by atoms with Gasteiger partial charge in [0.1, 0.15) is 17.7 Å². The summed E-state index contributed by atoms with van der Waals surface area (Å²) in [6.07, 6.45) is 1.37. The summed E-state index contributed by atoms with van der Waals surface area (Å²) in [5.41, 5.74) is 2.85. The molecular weight excluding hydrogens is 391 g/mol. The van der Waals surface area contributed by atoms with Crippen molar-refractivity contribution >= 4 is 23.5 Å². The zero-order chi connectivity index (χ0) is 21.0. The highest BCUT2D eigenvalue weighted by molar-refractivity contribution is 7.99. The molecule has 3 aromatic rings. The quantitative estimate of drug-likeness (QED) is 0.383. The van der Waals surface area contributed by atoms with Gasteiger partial charge in [-0.25, -0.2) is 4.39 Å². The first kappa shape index (κ1) is 20.4. The molecule has 0 aliphatic heterocycles. The second-order valence-corrected chi connectivity index (χ2v) is 7.46. The molecule has 0 spiro atoms. The van der Waals surface area contributed by atoms with E-state index in [0.29, 0.717) is 27.7 Å². The van der Waals surface area contributed by atoms with Crippen LogP contribution in [0.2, 0.25) is 0 Å². The first-order chi connectivity index (χ1) is 13.9. The number of nitriles is 1. The summed E-state index contributed by atoms with van der Waals surface area (Å²) in [5.74, 6) is -0.223. The molecule has 0 aliphatic rings. The van der Waals surface area contributed by atoms with Crippen LogP contribution in [0.3, 0.4) is 0 Å². The van der Waals surface area contributed by atoms with Gasteiger partial charge in [0.2, 0.25) is 5.91 Å². The van der Waals surface area contributed by atoms with E-state index in [4.69, 9.17) is 0 Å². The molecule has 1 amide bonds. The van der Waals surface area contributed by atoms with Crippen LogP contribution >= 0.6 is 11.8 Å². The third-order valence-corrected chi connectivity index (χ3v) is 5.61. The molecule has 29 heavy (non-hydrogen) atoms. The van der Waals surface area contributed by atoms with Crippen LogP contribution in [0.15, 0.2) is 53.7 Å². The number of benzene rings is 1. The number of carbonyl (C=O) groups is 1. The Labute approximate surface area is 172 Å². The average Bonchev–Trinajstić information content (AvgIpc) is 2.93. The molecule has 148 valence electrons. The monoisotopic (exact) mass is 410 g/mol. The van der Waals surface area contributed by atoms with Gasteiger partial charge in [0.15, 0.2) is 6.20 Å². The number of aromatic nitrogens is 2. The van der Waals surface area contributed by atoms with Gasteiger partial charge < -0.3 is 15.1 Å². The number of amides is 1. The van der Waals surface area contributed by atoms with Crippen LogP contribution in [0.25, 0.3) is 0 Å². The molecule has 0 aliphatic carbocycles. The van der Waals surface area contributed by atoms with Crippen LogP contribution in [0, 0.1) is 36.2 Å². The van der Waals surface area contributed by atoms with E-state index in [1.54, 1.807) is 30.3 Å². The Hall–Kier alpha value is -3.31. The summed E-state index contributed by atoms with van der Waals surface area (Å²) in [7, 11) is 0. The highest BCUT2D eigenvalue weighted by atomic mass is 32.2. The predicted octanol–water partition coefficient (Wildman–Crippen LogP) is 3.53. The van der Waals surface area contributed by atoms with Crippen molar-refractivity contribution in [2.24, 2.45) is 0 Å². The van der Waals surface area contributed by atoms with Crippen molar-refractivity contribution in [1.82, 2.24) is 4.57 Å². The molecule has 6 nitrogen and oxygen atoms in total. The van der Waals surface area contributed by atoms with Crippen LogP contribution in [0.4, 0.5) is 10.2 Å². The number of hydrogen-bond acceptors (Lipinski definition) is 4. The van der Waals surface area contributed by atoms with Crippen LogP contribution < -0.4 is 10.0 Å². The summed E-state index contributed by atoms with van der Waals surface area (Å²) in [6.45, 7) is 4.08. The number of hydrogen-bond donors (Lipinski definition) is 1. The van der Waals surface area contributed by atoms with Gasteiger partial charge in [-0.3, -0.25) is 4.79 Å². The molecule has 2 heterocycles. The summed E-state index contributed by atoms with van der Waals surface area (Å²) in [6, 6.07) is 13.2. The third kappa shape index (κ3) is 4.58. The second-order valence-electron chi connectivity index (χ2n) is 6.46. The highest BCUT2D eigenvalue weighted by Gasteiger charge is 2.20. The van der Waals surface area contributed by atoms with Crippen molar-refractivity contribution in [3.63, 3.8) is 0 Å². The van der Waals surface area contributed by atoms with Gasteiger partial charge in [0.05, 0.1) is 11.3 Å². The predicted molar refractivity (Wildman–Crippen MR) is 109 cm³/mol. The smallest absolute Gasteiger partial charge is 0.251 e. The molecule has 2 aromatic heterocycles. The molecule has 0 atom stereocenters. The Bertz CT molecular complexity index is 1090. The van der Waals surface area contributed by atoms with Crippen molar-refractivity contribution in [2.45, 2.75) is 25.4 Å². The molecule has 1 aromatic carbocycles. The van der Waals surface area contributed by atoms with Gasteiger partial charge >= 0.3 is 0 Å². The molecule has 0 saturated heterocycles. The lowest BCUT2D eigenvalue weighted by molar-refractivity contribution is -0.645. The second kappa shape index (κ2) is 8.80. The summed E-state index contributed by atoms with van der Waals surface area (Å²) < 4.78 is 15.7. The maximum atomic E-state index is 13.2. The van der Waals surface area contributed by atoms with E-state index in [-0.39, 0.29) is 17.5 Å². The lowest BCUT2D eigenvalue weighted by Crippen LogP contribution is -2.28. The first-order valence-electron chi connectivity index (χ1n) is 8.85. The van der Waals surface area contributed by atoms with E-state index >= 15 is 0 Å². The highest BCUT2D eigenvalue weighted by Crippen LogP contribution is 2.28. The normalized spacial score (nSPS) is 10.6. The van der Waals surface area contributed by atoms with Crippen molar-refractivity contribution in [3.8, 4) is 6.07 Å². The summed E-state index contributed by atoms with van der Waals surface area (Å²) in [4.78, 5) is 12.5. The van der Waals surface area contributed by atoms with Gasteiger partial charge in [-0.15, -0.1) is 0 Å². The number of nitrogens with one attached hydrogen (secondary N) is 1. The number of nitrogens with zero attached hydrogens (tertiary/aromatic N) is 3. The van der Waals surface area contributed by atoms with E-state index in [1.807, 2.05) is 18.4 Å². The fourth-order valence-corrected chi connectivity index (χ4v) is 3.65. The van der Waals surface area contributed by atoms with E-state index in [1.165, 1.54) is 18.3 Å². The Morgan fingerprint density at radius 1 is 1.28 bits per heavy atom. The number of pyridine rings is 1. The van der Waals surface area contributed by atoms with Crippen LogP contribution in [0.5, 0.6) is 0 Å². The summed E-state index contributed by atoms with van der Waals surface area (Å²) in [5, 5.41) is 24.5. The zero-order valence-corrected chi connectivity index (χ0v) is 16.8. The molecule has 0 radical (unpaired) electrons. The SMILES string of the molecule is Cc1c(C#N)c(NC(=O)CSc2cccc[n+]2[O-])n(Cc2ccc(F)cc2)c1C. The maximum Gasteiger partial charge on any atom is 0.251 e. The third-order valence-electron chi connectivity index (χ3n) is 4.59. The lowest BCUT2D eigenvalue weighted by atomic mass is 10.2. The van der Waals surface area contributed by atoms with Gasteiger partial charge in [0.25, 0.3) is 5.03 Å². The zero-order valence-electron chi connectivity index (χ0n) is 16.0. The minimum atomic E-state index is -0.326. The molecule has 0 unspecified atom stereocenters. The first-order valence-corrected chi connectivity index (χ1v) is 9.84. The lowest BCUT2D eigenvalue weighted by Gasteiger charge is -2.13. The van der Waals surface area contributed by atoms with Crippen molar-refractivity contribution < 1.29 is 13.9 Å². The number of halogens is 1. The Balaban J connectivity index is 1.82. The van der Waals surface area contributed by atoms with E-state index in [0.717, 1.165) is 28.6 Å². The van der Waals surface area contributed by atoms with Gasteiger partial charge in [-0.2, -0.15) is 9.99 Å². The van der Waals surface area contributed by atoms with E-state index in [9.17, 15) is 19.7 Å². The molecular formula is C21H19FN4O2S. The fourth-order valence-electron chi connectivity index (χ4n) is 2.93. The number of rotatable bonds is 6. The van der Waals surface area contributed by atoms with Crippen LogP contribution in [-0.2, 0) is 11.3 Å². The van der Waals surface area contributed by atoms with Gasteiger partial charge in [0, 0.05) is 24.4 Å². The van der Waals surface area contributed by atoms with E-state index < -0.39 is 0 Å². The van der Waals surface area contributed by atoms with E-state index in [2.05, 4.69) is 11.4 Å². The fraction of sp³-hybridized carbons (Fsp3) is 0.190. The minimum Gasteiger partial charge on any atom is -0.618 e. The largest absolute Gasteiger partial charge is 0.618 e. The van der Waals surface area contributed by atoms with Crippen molar-refractivity contribution in [2.75, 3.05) is 11.1 Å². The Morgan fingerprint density at radius 3 is 2.66 bits per heavy atom. The van der Waals surface area contributed by atoms with Gasteiger partial charge in [-0.1, -0.05) is 12.1 Å². The van der Waals surface area contributed by atoms with Crippen molar-refractivity contribution in [1.29, 1.82) is 5.26 Å². The van der Waals surface area contributed by atoms with Crippen LogP contribution in [0.1, 0.15) is 22.4 Å². The molecule has 0 saturated carbocycles. The Morgan fingerprint density at radius 2 is 2.00 bits per heavy atom. The maximum absolute atomic E-state index is 13.2. The number of anilines is 1. The summed E-state index contributed by atoms with van der Waals surface area (Å²) >= 11 is 1.11. The Kier molecular flexibility index (Phi) is 6.20. The van der Waals surface area contributed by atoms with Crippen molar-refractivity contribution in [3.05, 3.63) is 82.1 Å². The number of thioether (sulfide) groups is 1. The molecule has 8 heteroatoms. The number of carbonyl (C=O) groups excluding carboxylic acids is 1.